The molecule has 0 atom stereocenters. The molecule has 4 heteroatoms. The van der Waals surface area contributed by atoms with Crippen molar-refractivity contribution < 1.29 is 19.1 Å². The van der Waals surface area contributed by atoms with Gasteiger partial charge in [0, 0.05) is 0 Å². The molecule has 0 unspecified atom stereocenters. The molecule has 0 aromatic carbocycles. The molecular formula is C19H32O4. The molecule has 132 valence electrons. The van der Waals surface area contributed by atoms with Gasteiger partial charge < -0.3 is 9.47 Å². The summed E-state index contributed by atoms with van der Waals surface area (Å²) in [6.07, 6.45) is 13.9. The predicted molar refractivity (Wildman–Crippen MR) is 91.1 cm³/mol. The van der Waals surface area contributed by atoms with Gasteiger partial charge in [0.25, 0.3) is 0 Å². The smallest absolute Gasteiger partial charge is 0.346 e. The van der Waals surface area contributed by atoms with Gasteiger partial charge in [0.05, 0.1) is 6.61 Å². The van der Waals surface area contributed by atoms with E-state index in [0.29, 0.717) is 6.61 Å². The number of ether oxygens (including phenoxy) is 2. The fraction of sp³-hybridized carbons (Fsp3) is 0.789. The van der Waals surface area contributed by atoms with Crippen molar-refractivity contribution in [1.82, 2.24) is 0 Å². The number of ketones is 1. The van der Waals surface area contributed by atoms with Crippen molar-refractivity contribution >= 4 is 11.8 Å². The molecule has 1 heterocycles. The van der Waals surface area contributed by atoms with Gasteiger partial charge in [0.2, 0.25) is 5.78 Å². The summed E-state index contributed by atoms with van der Waals surface area (Å²) in [6, 6.07) is 0. The highest BCUT2D eigenvalue weighted by Gasteiger charge is 2.45. The second kappa shape index (κ2) is 10.5. The normalized spacial score (nSPS) is 18.5. The fourth-order valence-electron chi connectivity index (χ4n) is 2.67. The number of rotatable bonds is 12. The highest BCUT2D eigenvalue weighted by atomic mass is 16.6. The van der Waals surface area contributed by atoms with E-state index >= 15 is 0 Å². The first-order valence-corrected chi connectivity index (χ1v) is 9.09. The van der Waals surface area contributed by atoms with Crippen LogP contribution in [0, 0.1) is 0 Å². The number of unbranched alkanes of at least 4 members (excludes halogenated alkanes) is 9. The number of carbonyl (C=O) groups is 2. The maximum Gasteiger partial charge on any atom is 0.346 e. The summed E-state index contributed by atoms with van der Waals surface area (Å²) < 4.78 is 10.3. The van der Waals surface area contributed by atoms with Gasteiger partial charge in [-0.15, -0.1) is 0 Å². The van der Waals surface area contributed by atoms with Crippen LogP contribution in [0.4, 0.5) is 0 Å². The molecule has 1 saturated heterocycles. The highest BCUT2D eigenvalue weighted by Crippen LogP contribution is 2.26. The van der Waals surface area contributed by atoms with Crippen molar-refractivity contribution in [2.75, 3.05) is 6.61 Å². The summed E-state index contributed by atoms with van der Waals surface area (Å²) in [7, 11) is 0. The average Bonchev–Trinajstić information content (AvgIpc) is 2.69. The lowest BCUT2D eigenvalue weighted by molar-refractivity contribution is -0.147. The molecule has 1 aliphatic heterocycles. The molecule has 0 N–H and O–H groups in total. The van der Waals surface area contributed by atoms with Gasteiger partial charge in [0.15, 0.2) is 5.60 Å². The number of Topliss-reactive ketones (excluding diaryl/α,β-unsaturated/α-hetero) is 1. The lowest BCUT2D eigenvalue weighted by Gasteiger charge is -2.11. The van der Waals surface area contributed by atoms with E-state index in [1.54, 1.807) is 13.8 Å². The first-order chi connectivity index (χ1) is 11.0. The third-order valence-electron chi connectivity index (χ3n) is 4.18. The minimum absolute atomic E-state index is 0.0297. The Labute approximate surface area is 140 Å². The van der Waals surface area contributed by atoms with Gasteiger partial charge >= 0.3 is 5.97 Å². The molecule has 1 fully saturated rings. The quantitative estimate of drug-likeness (QED) is 0.171. The average molecular weight is 324 g/mol. The van der Waals surface area contributed by atoms with Crippen LogP contribution in [0.25, 0.3) is 0 Å². The molecule has 0 aromatic heterocycles. The number of esters is 1. The van der Waals surface area contributed by atoms with Gasteiger partial charge in [-0.2, -0.15) is 0 Å². The largest absolute Gasteiger partial charge is 0.500 e. The van der Waals surface area contributed by atoms with Gasteiger partial charge in [0.1, 0.15) is 11.8 Å². The standard InChI is InChI=1S/C19H32O4/c1-4-5-6-7-8-9-10-11-12-13-14-22-15-16-17(20)19(2,3)23-18(16)21/h15H,4-14H2,1-3H3/b16-15+. The zero-order valence-corrected chi connectivity index (χ0v) is 15.0. The van der Waals surface area contributed by atoms with E-state index in [0.717, 1.165) is 12.8 Å². The molecule has 23 heavy (non-hydrogen) atoms. The molecule has 0 radical (unpaired) electrons. The number of carbonyl (C=O) groups excluding carboxylic acids is 2. The third kappa shape index (κ3) is 7.19. The summed E-state index contributed by atoms with van der Waals surface area (Å²) in [5.41, 5.74) is -1.02. The first kappa shape index (κ1) is 19.7. The molecule has 0 aliphatic carbocycles. The minimum Gasteiger partial charge on any atom is -0.500 e. The Morgan fingerprint density at radius 1 is 0.913 bits per heavy atom. The van der Waals surface area contributed by atoms with Gasteiger partial charge in [-0.25, -0.2) is 4.79 Å². The third-order valence-corrected chi connectivity index (χ3v) is 4.18. The van der Waals surface area contributed by atoms with Crippen LogP contribution in [0.15, 0.2) is 11.8 Å². The van der Waals surface area contributed by atoms with Gasteiger partial charge in [-0.3, -0.25) is 4.79 Å². The molecule has 0 amide bonds. The summed E-state index contributed by atoms with van der Waals surface area (Å²) in [6.45, 7) is 5.97. The highest BCUT2D eigenvalue weighted by molar-refractivity contribution is 6.24. The lowest BCUT2D eigenvalue weighted by Crippen LogP contribution is -2.27. The Balaban J connectivity index is 2.01. The van der Waals surface area contributed by atoms with E-state index in [4.69, 9.17) is 9.47 Å². The number of hydrogen-bond acceptors (Lipinski definition) is 4. The van der Waals surface area contributed by atoms with Gasteiger partial charge in [-0.1, -0.05) is 64.7 Å². The van der Waals surface area contributed by atoms with Crippen LogP contribution in [0.5, 0.6) is 0 Å². The summed E-state index contributed by atoms with van der Waals surface area (Å²) in [5.74, 6) is -0.881. The van der Waals surface area contributed by atoms with Crippen molar-refractivity contribution in [2.24, 2.45) is 0 Å². The Morgan fingerprint density at radius 3 is 1.91 bits per heavy atom. The van der Waals surface area contributed by atoms with Crippen molar-refractivity contribution in [1.29, 1.82) is 0 Å². The number of cyclic esters (lactones) is 1. The van der Waals surface area contributed by atoms with Crippen LogP contribution in [0.2, 0.25) is 0 Å². The SMILES string of the molecule is CCCCCCCCCCCCO/C=C1/C(=O)OC(C)(C)C1=O. The molecule has 0 aromatic rings. The zero-order valence-electron chi connectivity index (χ0n) is 15.0. The van der Waals surface area contributed by atoms with Crippen molar-refractivity contribution in [3.63, 3.8) is 0 Å². The first-order valence-electron chi connectivity index (χ1n) is 9.09. The molecule has 4 nitrogen and oxygen atoms in total. The second-order valence-electron chi connectivity index (χ2n) is 6.81. The maximum absolute atomic E-state index is 11.9. The van der Waals surface area contributed by atoms with Crippen LogP contribution >= 0.6 is 0 Å². The van der Waals surface area contributed by atoms with Crippen LogP contribution in [0.3, 0.4) is 0 Å². The van der Waals surface area contributed by atoms with E-state index < -0.39 is 11.6 Å². The monoisotopic (exact) mass is 324 g/mol. The molecule has 1 aliphatic rings. The van der Waals surface area contributed by atoms with Crippen LogP contribution in [-0.4, -0.2) is 24.0 Å². The number of hydrogen-bond donors (Lipinski definition) is 0. The summed E-state index contributed by atoms with van der Waals surface area (Å²) in [5, 5.41) is 0. The molecule has 0 saturated carbocycles. The van der Waals surface area contributed by atoms with Gasteiger partial charge in [-0.05, 0) is 20.3 Å². The fourth-order valence-corrected chi connectivity index (χ4v) is 2.67. The Morgan fingerprint density at radius 2 is 1.43 bits per heavy atom. The van der Waals surface area contributed by atoms with E-state index in [1.165, 1.54) is 57.6 Å². The summed E-state index contributed by atoms with van der Waals surface area (Å²) >= 11 is 0. The molecule has 0 spiro atoms. The lowest BCUT2D eigenvalue weighted by atomic mass is 10.0. The van der Waals surface area contributed by atoms with E-state index in [9.17, 15) is 9.59 Å². The Hall–Kier alpha value is -1.32. The van der Waals surface area contributed by atoms with E-state index in [1.807, 2.05) is 0 Å². The van der Waals surface area contributed by atoms with Crippen LogP contribution < -0.4 is 0 Å². The molecule has 0 bridgehead atoms. The molecular weight excluding hydrogens is 292 g/mol. The Bertz CT molecular complexity index is 410. The van der Waals surface area contributed by atoms with Crippen molar-refractivity contribution in [3.8, 4) is 0 Å². The van der Waals surface area contributed by atoms with E-state index in [2.05, 4.69) is 6.92 Å². The van der Waals surface area contributed by atoms with Crippen LogP contribution in [0.1, 0.15) is 85.0 Å². The second-order valence-corrected chi connectivity index (χ2v) is 6.81. The van der Waals surface area contributed by atoms with Crippen molar-refractivity contribution in [2.45, 2.75) is 90.6 Å². The maximum atomic E-state index is 11.9. The topological polar surface area (TPSA) is 52.6 Å². The van der Waals surface area contributed by atoms with Crippen molar-refractivity contribution in [3.05, 3.63) is 11.8 Å². The Kier molecular flexibility index (Phi) is 8.97. The summed E-state index contributed by atoms with van der Waals surface area (Å²) in [4.78, 5) is 23.4. The van der Waals surface area contributed by atoms with Crippen LogP contribution in [-0.2, 0) is 19.1 Å². The van der Waals surface area contributed by atoms with E-state index in [-0.39, 0.29) is 11.4 Å². The zero-order chi connectivity index (χ0) is 17.1. The minimum atomic E-state index is -1.05. The predicted octanol–water partition coefficient (Wildman–Crippen LogP) is 4.71. The molecule has 1 rings (SSSR count).